The molecule has 4 rings (SSSR count). The van der Waals surface area contributed by atoms with Gasteiger partial charge in [0, 0.05) is 11.4 Å². The summed E-state index contributed by atoms with van der Waals surface area (Å²) < 4.78 is 0. The molecule has 0 saturated carbocycles. The van der Waals surface area contributed by atoms with E-state index in [4.69, 9.17) is 0 Å². The number of aryl methyl sites for hydroxylation is 2. The largest absolute Gasteiger partial charge is 0.370 e. The number of anilines is 2. The summed E-state index contributed by atoms with van der Waals surface area (Å²) in [5.74, 6) is -0.0851. The van der Waals surface area contributed by atoms with Gasteiger partial charge in [0.15, 0.2) is 0 Å². The molecule has 0 aliphatic heterocycles. The van der Waals surface area contributed by atoms with Crippen LogP contribution in [0.4, 0.5) is 11.4 Å². The number of benzene rings is 4. The fourth-order valence-electron chi connectivity index (χ4n) is 3.47. The second-order valence-corrected chi connectivity index (χ2v) is 7.36. The molecule has 3 heteroatoms. The van der Waals surface area contributed by atoms with E-state index in [0.29, 0.717) is 0 Å². The van der Waals surface area contributed by atoms with Gasteiger partial charge < -0.3 is 10.6 Å². The number of hydrogen-bond acceptors (Lipinski definition) is 2. The summed E-state index contributed by atoms with van der Waals surface area (Å²) in [6.45, 7) is 4.03. The van der Waals surface area contributed by atoms with E-state index < -0.39 is 6.04 Å². The van der Waals surface area contributed by atoms with Gasteiger partial charge >= 0.3 is 0 Å². The predicted molar refractivity (Wildman–Crippen MR) is 121 cm³/mol. The Morgan fingerprint density at radius 2 is 1.48 bits per heavy atom. The van der Waals surface area contributed by atoms with Gasteiger partial charge in [-0.1, -0.05) is 72.8 Å². The Hall–Kier alpha value is -3.59. The Labute approximate surface area is 171 Å². The summed E-state index contributed by atoms with van der Waals surface area (Å²) in [7, 11) is 0. The van der Waals surface area contributed by atoms with E-state index in [2.05, 4.69) is 34.9 Å². The van der Waals surface area contributed by atoms with Gasteiger partial charge in [-0.05, 0) is 59.5 Å². The summed E-state index contributed by atoms with van der Waals surface area (Å²) in [6, 6.07) is 29.8. The van der Waals surface area contributed by atoms with Gasteiger partial charge in [-0.15, -0.1) is 0 Å². The topological polar surface area (TPSA) is 41.1 Å². The van der Waals surface area contributed by atoms with E-state index in [1.54, 1.807) is 0 Å². The Bertz CT molecular complexity index is 1150. The maximum absolute atomic E-state index is 13.3. The van der Waals surface area contributed by atoms with Gasteiger partial charge in [-0.2, -0.15) is 0 Å². The standard InChI is InChI=1S/C26H24N2O/c1-18-12-13-19(2)24(16-18)28-26(29)25(21-9-4-3-5-10-21)27-23-15-14-20-8-6-7-11-22(20)17-23/h3-17,25,27H,1-2H3,(H,28,29)/t25-/m0/s1. The zero-order valence-electron chi connectivity index (χ0n) is 16.6. The van der Waals surface area contributed by atoms with Crippen molar-refractivity contribution in [2.24, 2.45) is 0 Å². The molecule has 2 N–H and O–H groups in total. The minimum absolute atomic E-state index is 0.0851. The van der Waals surface area contributed by atoms with Gasteiger partial charge in [0.2, 0.25) is 0 Å². The Balaban J connectivity index is 1.65. The van der Waals surface area contributed by atoms with E-state index in [1.807, 2.05) is 80.6 Å². The monoisotopic (exact) mass is 380 g/mol. The first-order valence-electron chi connectivity index (χ1n) is 9.78. The third-order valence-electron chi connectivity index (χ3n) is 5.11. The number of rotatable bonds is 5. The van der Waals surface area contributed by atoms with E-state index in [9.17, 15) is 4.79 Å². The normalized spacial score (nSPS) is 11.8. The van der Waals surface area contributed by atoms with E-state index in [0.717, 1.165) is 33.5 Å². The molecule has 0 heterocycles. The van der Waals surface area contributed by atoms with Crippen molar-refractivity contribution in [3.63, 3.8) is 0 Å². The Morgan fingerprint density at radius 1 is 0.759 bits per heavy atom. The zero-order chi connectivity index (χ0) is 20.2. The molecule has 0 radical (unpaired) electrons. The van der Waals surface area contributed by atoms with E-state index in [-0.39, 0.29) is 5.91 Å². The van der Waals surface area contributed by atoms with Crippen LogP contribution in [0.25, 0.3) is 10.8 Å². The highest BCUT2D eigenvalue weighted by Gasteiger charge is 2.21. The van der Waals surface area contributed by atoms with Crippen molar-refractivity contribution in [2.45, 2.75) is 19.9 Å². The van der Waals surface area contributed by atoms with Crippen LogP contribution in [0.3, 0.4) is 0 Å². The average Bonchev–Trinajstić information content (AvgIpc) is 2.75. The van der Waals surface area contributed by atoms with Gasteiger partial charge in [0.25, 0.3) is 5.91 Å². The molecule has 0 saturated heterocycles. The smallest absolute Gasteiger partial charge is 0.251 e. The second-order valence-electron chi connectivity index (χ2n) is 7.36. The molecule has 0 fully saturated rings. The van der Waals surface area contributed by atoms with Crippen LogP contribution < -0.4 is 10.6 Å². The van der Waals surface area contributed by atoms with Crippen LogP contribution >= 0.6 is 0 Å². The lowest BCUT2D eigenvalue weighted by atomic mass is 10.0. The summed E-state index contributed by atoms with van der Waals surface area (Å²) >= 11 is 0. The Kier molecular flexibility index (Phi) is 5.30. The van der Waals surface area contributed by atoms with Crippen molar-refractivity contribution < 1.29 is 4.79 Å². The number of nitrogens with one attached hydrogen (secondary N) is 2. The zero-order valence-corrected chi connectivity index (χ0v) is 16.6. The van der Waals surface area contributed by atoms with Crippen molar-refractivity contribution in [3.8, 4) is 0 Å². The molecule has 144 valence electrons. The molecule has 0 spiro atoms. The molecule has 0 unspecified atom stereocenters. The molecule has 1 atom stereocenters. The summed E-state index contributed by atoms with van der Waals surface area (Å²) in [4.78, 5) is 13.3. The van der Waals surface area contributed by atoms with Crippen molar-refractivity contribution in [1.29, 1.82) is 0 Å². The summed E-state index contributed by atoms with van der Waals surface area (Å²) in [6.07, 6.45) is 0. The SMILES string of the molecule is Cc1ccc(C)c(NC(=O)[C@@H](Nc2ccc3ccccc3c2)c2ccccc2)c1. The van der Waals surface area contributed by atoms with Gasteiger partial charge in [-0.3, -0.25) is 4.79 Å². The van der Waals surface area contributed by atoms with Gasteiger partial charge in [-0.25, -0.2) is 0 Å². The van der Waals surface area contributed by atoms with E-state index >= 15 is 0 Å². The summed E-state index contributed by atoms with van der Waals surface area (Å²) in [5.41, 5.74) is 4.83. The molecule has 3 nitrogen and oxygen atoms in total. The quantitative estimate of drug-likeness (QED) is 0.430. The van der Waals surface area contributed by atoms with Crippen LogP contribution in [0.5, 0.6) is 0 Å². The molecule has 4 aromatic carbocycles. The minimum atomic E-state index is -0.503. The highest BCUT2D eigenvalue weighted by atomic mass is 16.2. The molecule has 4 aromatic rings. The lowest BCUT2D eigenvalue weighted by Gasteiger charge is -2.21. The van der Waals surface area contributed by atoms with E-state index in [1.165, 1.54) is 5.39 Å². The third-order valence-corrected chi connectivity index (χ3v) is 5.11. The number of hydrogen-bond donors (Lipinski definition) is 2. The first-order valence-corrected chi connectivity index (χ1v) is 9.78. The number of carbonyl (C=O) groups is 1. The fourth-order valence-corrected chi connectivity index (χ4v) is 3.47. The average molecular weight is 380 g/mol. The van der Waals surface area contributed by atoms with Crippen molar-refractivity contribution in [3.05, 3.63) is 108 Å². The van der Waals surface area contributed by atoms with Crippen molar-refractivity contribution >= 4 is 28.1 Å². The molecule has 0 aliphatic carbocycles. The number of amides is 1. The van der Waals surface area contributed by atoms with Gasteiger partial charge in [0.05, 0.1) is 0 Å². The first-order chi connectivity index (χ1) is 14.1. The lowest BCUT2D eigenvalue weighted by molar-refractivity contribution is -0.117. The first kappa shape index (κ1) is 18.8. The van der Waals surface area contributed by atoms with Crippen LogP contribution in [0.1, 0.15) is 22.7 Å². The molecule has 0 aromatic heterocycles. The molecular weight excluding hydrogens is 356 g/mol. The summed E-state index contributed by atoms with van der Waals surface area (Å²) in [5, 5.41) is 8.85. The molecule has 0 aliphatic rings. The van der Waals surface area contributed by atoms with Crippen LogP contribution in [0, 0.1) is 13.8 Å². The molecule has 1 amide bonds. The molecular formula is C26H24N2O. The maximum Gasteiger partial charge on any atom is 0.251 e. The second kappa shape index (κ2) is 8.19. The fraction of sp³-hybridized carbons (Fsp3) is 0.115. The maximum atomic E-state index is 13.3. The highest BCUT2D eigenvalue weighted by molar-refractivity contribution is 5.98. The van der Waals surface area contributed by atoms with Crippen LogP contribution in [0.15, 0.2) is 91.0 Å². The molecule has 0 bridgehead atoms. The number of fused-ring (bicyclic) bond motifs is 1. The minimum Gasteiger partial charge on any atom is -0.370 e. The molecule has 29 heavy (non-hydrogen) atoms. The Morgan fingerprint density at radius 3 is 2.28 bits per heavy atom. The lowest BCUT2D eigenvalue weighted by Crippen LogP contribution is -2.27. The third kappa shape index (κ3) is 4.30. The van der Waals surface area contributed by atoms with Crippen molar-refractivity contribution in [2.75, 3.05) is 10.6 Å². The van der Waals surface area contributed by atoms with Crippen LogP contribution in [0.2, 0.25) is 0 Å². The highest BCUT2D eigenvalue weighted by Crippen LogP contribution is 2.26. The van der Waals surface area contributed by atoms with Crippen LogP contribution in [-0.2, 0) is 4.79 Å². The van der Waals surface area contributed by atoms with Gasteiger partial charge in [0.1, 0.15) is 6.04 Å². The predicted octanol–water partition coefficient (Wildman–Crippen LogP) is 6.25. The number of carbonyl (C=O) groups excluding carboxylic acids is 1. The van der Waals surface area contributed by atoms with Crippen LogP contribution in [-0.4, -0.2) is 5.91 Å². The van der Waals surface area contributed by atoms with Crippen molar-refractivity contribution in [1.82, 2.24) is 0 Å².